The van der Waals surface area contributed by atoms with E-state index in [1.54, 1.807) is 0 Å². The Kier molecular flexibility index (Phi) is 4.51. The topological polar surface area (TPSA) is 24.1 Å². The van der Waals surface area contributed by atoms with Gasteiger partial charge in [-0.2, -0.15) is 0 Å². The second-order valence-electron chi connectivity index (χ2n) is 6.88. The van der Waals surface area contributed by atoms with Crippen molar-refractivity contribution in [1.82, 2.24) is 5.32 Å². The molecule has 1 unspecified atom stereocenters. The largest absolute Gasteiger partial charge is 0.384 e. The quantitative estimate of drug-likeness (QED) is 0.846. The van der Waals surface area contributed by atoms with Crippen LogP contribution in [0.1, 0.15) is 33.3 Å². The van der Waals surface area contributed by atoms with Crippen molar-refractivity contribution < 1.29 is 0 Å². The van der Waals surface area contributed by atoms with Crippen LogP contribution in [0, 0.1) is 17.3 Å². The van der Waals surface area contributed by atoms with Gasteiger partial charge in [0.05, 0.1) is 0 Å². The molecule has 106 valence electrons. The Morgan fingerprint density at radius 1 is 1.32 bits per heavy atom. The maximum Gasteiger partial charge on any atom is 0.0372 e. The van der Waals surface area contributed by atoms with Crippen LogP contribution in [0.5, 0.6) is 0 Å². The van der Waals surface area contributed by atoms with Crippen molar-refractivity contribution in [2.24, 2.45) is 17.3 Å². The van der Waals surface area contributed by atoms with Gasteiger partial charge in [-0.25, -0.2) is 0 Å². The zero-order chi connectivity index (χ0) is 13.9. The van der Waals surface area contributed by atoms with E-state index in [0.29, 0.717) is 17.3 Å². The molecule has 2 nitrogen and oxygen atoms in total. The van der Waals surface area contributed by atoms with Crippen LogP contribution in [0.4, 0.5) is 5.69 Å². The van der Waals surface area contributed by atoms with Gasteiger partial charge in [0.1, 0.15) is 0 Å². The lowest BCUT2D eigenvalue weighted by Crippen LogP contribution is -2.38. The number of rotatable bonds is 5. The summed E-state index contributed by atoms with van der Waals surface area (Å²) in [6.45, 7) is 12.6. The minimum Gasteiger partial charge on any atom is -0.384 e. The van der Waals surface area contributed by atoms with E-state index < -0.39 is 0 Å². The molecule has 2 heteroatoms. The van der Waals surface area contributed by atoms with Crippen LogP contribution >= 0.6 is 0 Å². The smallest absolute Gasteiger partial charge is 0.0372 e. The van der Waals surface area contributed by atoms with Crippen molar-refractivity contribution in [1.29, 1.82) is 0 Å². The Labute approximate surface area is 118 Å². The summed E-state index contributed by atoms with van der Waals surface area (Å²) >= 11 is 0. The Balaban J connectivity index is 1.80. The number of para-hydroxylation sites is 1. The van der Waals surface area contributed by atoms with Gasteiger partial charge in [0.15, 0.2) is 0 Å². The number of benzene rings is 1. The molecule has 2 rings (SSSR count). The first-order valence-corrected chi connectivity index (χ1v) is 7.51. The predicted molar refractivity (Wildman–Crippen MR) is 83.6 cm³/mol. The van der Waals surface area contributed by atoms with Crippen molar-refractivity contribution in [3.05, 3.63) is 29.8 Å². The molecule has 0 aliphatic carbocycles. The van der Waals surface area contributed by atoms with E-state index in [-0.39, 0.29) is 0 Å². The second kappa shape index (κ2) is 5.96. The fourth-order valence-electron chi connectivity index (χ4n) is 2.46. The molecule has 0 spiro atoms. The number of anilines is 1. The van der Waals surface area contributed by atoms with Crippen molar-refractivity contribution in [2.75, 3.05) is 25.0 Å². The van der Waals surface area contributed by atoms with E-state index in [4.69, 9.17) is 0 Å². The molecule has 1 heterocycles. The van der Waals surface area contributed by atoms with Crippen LogP contribution in [0.2, 0.25) is 0 Å². The molecule has 0 saturated carbocycles. The van der Waals surface area contributed by atoms with E-state index >= 15 is 0 Å². The summed E-state index contributed by atoms with van der Waals surface area (Å²) in [6.07, 6.45) is 1.19. The molecule has 0 bridgehead atoms. The normalized spacial score (nSPS) is 19.1. The van der Waals surface area contributed by atoms with Gasteiger partial charge in [-0.05, 0) is 41.8 Å². The Morgan fingerprint density at radius 3 is 2.79 bits per heavy atom. The van der Waals surface area contributed by atoms with Crippen LogP contribution < -0.4 is 10.6 Å². The molecule has 0 radical (unpaired) electrons. The highest BCUT2D eigenvalue weighted by molar-refractivity contribution is 5.53. The van der Waals surface area contributed by atoms with Crippen molar-refractivity contribution in [3.8, 4) is 0 Å². The van der Waals surface area contributed by atoms with Gasteiger partial charge < -0.3 is 10.6 Å². The molecule has 0 fully saturated rings. The monoisotopic (exact) mass is 260 g/mol. The Hall–Kier alpha value is -1.02. The lowest BCUT2D eigenvalue weighted by atomic mass is 9.81. The molecule has 0 aromatic heterocycles. The van der Waals surface area contributed by atoms with Gasteiger partial charge in [-0.1, -0.05) is 45.9 Å². The maximum absolute atomic E-state index is 3.67. The molecule has 1 atom stereocenters. The maximum atomic E-state index is 3.67. The highest BCUT2D eigenvalue weighted by atomic mass is 14.9. The first kappa shape index (κ1) is 14.4. The first-order valence-electron chi connectivity index (χ1n) is 7.51. The Morgan fingerprint density at radius 2 is 2.05 bits per heavy atom. The third-order valence-corrected chi connectivity index (χ3v) is 4.68. The number of hydrogen-bond acceptors (Lipinski definition) is 2. The van der Waals surface area contributed by atoms with Crippen molar-refractivity contribution >= 4 is 5.69 Å². The molecule has 1 aromatic rings. The number of hydrogen-bond donors (Lipinski definition) is 2. The van der Waals surface area contributed by atoms with Gasteiger partial charge in [-0.3, -0.25) is 0 Å². The van der Waals surface area contributed by atoms with Gasteiger partial charge in [-0.15, -0.1) is 0 Å². The zero-order valence-electron chi connectivity index (χ0n) is 12.8. The van der Waals surface area contributed by atoms with Crippen LogP contribution in [0.15, 0.2) is 24.3 Å². The molecule has 19 heavy (non-hydrogen) atoms. The van der Waals surface area contributed by atoms with Gasteiger partial charge in [0.25, 0.3) is 0 Å². The highest BCUT2D eigenvalue weighted by Crippen LogP contribution is 2.26. The minimum absolute atomic E-state index is 0.375. The average Bonchev–Trinajstić information content (AvgIpc) is 2.38. The van der Waals surface area contributed by atoms with E-state index in [9.17, 15) is 0 Å². The third kappa shape index (κ3) is 3.73. The molecule has 1 aliphatic heterocycles. The average molecular weight is 260 g/mol. The fourth-order valence-corrected chi connectivity index (χ4v) is 2.46. The van der Waals surface area contributed by atoms with Crippen molar-refractivity contribution in [2.45, 2.75) is 34.1 Å². The Bertz CT molecular complexity index is 409. The van der Waals surface area contributed by atoms with E-state index in [0.717, 1.165) is 19.6 Å². The summed E-state index contributed by atoms with van der Waals surface area (Å²) in [6, 6.07) is 8.67. The second-order valence-corrected chi connectivity index (χ2v) is 6.88. The van der Waals surface area contributed by atoms with Gasteiger partial charge in [0.2, 0.25) is 0 Å². The minimum atomic E-state index is 0.375. The van der Waals surface area contributed by atoms with E-state index in [1.165, 1.54) is 17.7 Å². The van der Waals surface area contributed by atoms with Crippen LogP contribution in [0.3, 0.4) is 0 Å². The van der Waals surface area contributed by atoms with Crippen LogP contribution in [-0.4, -0.2) is 19.6 Å². The van der Waals surface area contributed by atoms with Crippen molar-refractivity contribution in [3.63, 3.8) is 0 Å². The molecular formula is C17H28N2. The summed E-state index contributed by atoms with van der Waals surface area (Å²) in [4.78, 5) is 0. The predicted octanol–water partition coefficient (Wildman–Crippen LogP) is 3.54. The summed E-state index contributed by atoms with van der Waals surface area (Å²) in [7, 11) is 0. The summed E-state index contributed by atoms with van der Waals surface area (Å²) < 4.78 is 0. The standard InChI is InChI=1S/C17H28N2/c1-13(2)17(3,4)12-18-10-14-9-15-7-5-6-8-16(15)19-11-14/h5-8,13-14,18-19H,9-12H2,1-4H3. The van der Waals surface area contributed by atoms with Crippen LogP contribution in [-0.2, 0) is 6.42 Å². The lowest BCUT2D eigenvalue weighted by molar-refractivity contribution is 0.233. The fraction of sp³-hybridized carbons (Fsp3) is 0.647. The molecule has 1 aliphatic rings. The lowest BCUT2D eigenvalue weighted by Gasteiger charge is -2.32. The van der Waals surface area contributed by atoms with E-state index in [2.05, 4.69) is 62.6 Å². The zero-order valence-corrected chi connectivity index (χ0v) is 12.8. The highest BCUT2D eigenvalue weighted by Gasteiger charge is 2.23. The molecule has 2 N–H and O–H groups in total. The molecule has 1 aromatic carbocycles. The van der Waals surface area contributed by atoms with E-state index in [1.807, 2.05) is 0 Å². The SMILES string of the molecule is CC(C)C(C)(C)CNCC1CNc2ccccc2C1. The number of nitrogens with one attached hydrogen (secondary N) is 2. The molecular weight excluding hydrogens is 232 g/mol. The summed E-state index contributed by atoms with van der Waals surface area (Å²) in [5, 5.41) is 7.21. The first-order chi connectivity index (χ1) is 8.99. The number of fused-ring (bicyclic) bond motifs is 1. The molecule has 0 amide bonds. The van der Waals surface area contributed by atoms with Crippen LogP contribution in [0.25, 0.3) is 0 Å². The van der Waals surface area contributed by atoms with Gasteiger partial charge >= 0.3 is 0 Å². The summed E-state index contributed by atoms with van der Waals surface area (Å²) in [5.74, 6) is 1.42. The third-order valence-electron chi connectivity index (χ3n) is 4.68. The molecule has 0 saturated heterocycles. The summed E-state index contributed by atoms with van der Waals surface area (Å²) in [5.41, 5.74) is 3.16. The van der Waals surface area contributed by atoms with Gasteiger partial charge in [0, 0.05) is 18.8 Å².